The van der Waals surface area contributed by atoms with Gasteiger partial charge < -0.3 is 9.94 Å². The summed E-state index contributed by atoms with van der Waals surface area (Å²) in [6.07, 6.45) is 0. The van der Waals surface area contributed by atoms with Crippen molar-refractivity contribution in [2.75, 3.05) is 7.11 Å². The van der Waals surface area contributed by atoms with Gasteiger partial charge in [0.15, 0.2) is 0 Å². The van der Waals surface area contributed by atoms with E-state index >= 15 is 0 Å². The Labute approximate surface area is 95.0 Å². The first-order valence-corrected chi connectivity index (χ1v) is 5.21. The molecule has 0 saturated carbocycles. The van der Waals surface area contributed by atoms with E-state index in [1.54, 1.807) is 7.11 Å². The third-order valence-electron chi connectivity index (χ3n) is 2.28. The highest BCUT2D eigenvalue weighted by atomic mass is 35.5. The molecule has 0 aliphatic heterocycles. The van der Waals surface area contributed by atoms with Gasteiger partial charge in [-0.25, -0.2) is 5.48 Å². The van der Waals surface area contributed by atoms with Crippen LogP contribution in [-0.4, -0.2) is 12.3 Å². The topological polar surface area (TPSA) is 41.5 Å². The van der Waals surface area contributed by atoms with Crippen molar-refractivity contribution in [2.45, 2.75) is 26.3 Å². The summed E-state index contributed by atoms with van der Waals surface area (Å²) in [7, 11) is 1.57. The summed E-state index contributed by atoms with van der Waals surface area (Å²) < 4.78 is 5.18. The van der Waals surface area contributed by atoms with Crippen molar-refractivity contribution >= 4 is 11.6 Å². The van der Waals surface area contributed by atoms with Crippen molar-refractivity contribution in [3.8, 4) is 5.75 Å². The maximum absolute atomic E-state index is 8.71. The molecule has 0 radical (unpaired) electrons. The van der Waals surface area contributed by atoms with Crippen molar-refractivity contribution in [1.29, 1.82) is 0 Å². The summed E-state index contributed by atoms with van der Waals surface area (Å²) in [5.41, 5.74) is 4.10. The number of halogens is 1. The summed E-state index contributed by atoms with van der Waals surface area (Å²) in [5, 5.41) is 9.29. The SMILES string of the molecule is COc1c(Cl)cc(C(C)C)cc1CNO. The third-order valence-corrected chi connectivity index (χ3v) is 2.56. The van der Waals surface area contributed by atoms with Crippen molar-refractivity contribution in [2.24, 2.45) is 0 Å². The fourth-order valence-corrected chi connectivity index (χ4v) is 1.78. The Bertz CT molecular complexity index is 340. The first-order valence-electron chi connectivity index (χ1n) is 4.83. The molecule has 0 aromatic heterocycles. The quantitative estimate of drug-likeness (QED) is 0.780. The minimum Gasteiger partial charge on any atom is -0.495 e. The third kappa shape index (κ3) is 2.84. The monoisotopic (exact) mass is 229 g/mol. The lowest BCUT2D eigenvalue weighted by Gasteiger charge is -2.14. The zero-order chi connectivity index (χ0) is 11.4. The molecule has 2 N–H and O–H groups in total. The number of rotatable bonds is 4. The average Bonchev–Trinajstić information content (AvgIpc) is 2.17. The number of ether oxygens (including phenoxy) is 1. The van der Waals surface area contributed by atoms with Crippen LogP contribution in [0.5, 0.6) is 5.75 Å². The molecule has 0 spiro atoms. The van der Waals surface area contributed by atoms with Gasteiger partial charge in [-0.1, -0.05) is 31.5 Å². The number of hydrogen-bond acceptors (Lipinski definition) is 3. The highest BCUT2D eigenvalue weighted by Crippen LogP contribution is 2.32. The molecule has 0 bridgehead atoms. The maximum atomic E-state index is 8.71. The van der Waals surface area contributed by atoms with Gasteiger partial charge in [0.1, 0.15) is 5.75 Å². The number of hydroxylamine groups is 1. The predicted octanol–water partition coefficient (Wildman–Crippen LogP) is 2.95. The Morgan fingerprint density at radius 1 is 1.47 bits per heavy atom. The molecule has 1 rings (SSSR count). The fraction of sp³-hybridized carbons (Fsp3) is 0.455. The number of benzene rings is 1. The van der Waals surface area contributed by atoms with Crippen molar-refractivity contribution < 1.29 is 9.94 Å². The molecular formula is C11H16ClNO2. The first-order chi connectivity index (χ1) is 7.10. The lowest BCUT2D eigenvalue weighted by atomic mass is 10.00. The van der Waals surface area contributed by atoms with Crippen molar-refractivity contribution in [3.05, 3.63) is 28.3 Å². The van der Waals surface area contributed by atoms with E-state index in [4.69, 9.17) is 21.5 Å². The van der Waals surface area contributed by atoms with Gasteiger partial charge in [-0.2, -0.15) is 0 Å². The normalized spacial score (nSPS) is 10.8. The van der Waals surface area contributed by atoms with E-state index in [2.05, 4.69) is 19.3 Å². The standard InChI is InChI=1S/C11H16ClNO2/c1-7(2)8-4-9(6-13-14)11(15-3)10(12)5-8/h4-5,7,13-14H,6H2,1-3H3. The van der Waals surface area contributed by atoms with Crippen LogP contribution in [0.1, 0.15) is 30.9 Å². The molecule has 1 aromatic carbocycles. The van der Waals surface area contributed by atoms with E-state index in [1.165, 1.54) is 0 Å². The Morgan fingerprint density at radius 2 is 2.13 bits per heavy atom. The average molecular weight is 230 g/mol. The second-order valence-corrected chi connectivity index (χ2v) is 4.09. The highest BCUT2D eigenvalue weighted by Gasteiger charge is 2.11. The summed E-state index contributed by atoms with van der Waals surface area (Å²) in [4.78, 5) is 0. The molecule has 3 nitrogen and oxygen atoms in total. The molecule has 15 heavy (non-hydrogen) atoms. The van der Waals surface area contributed by atoms with Crippen LogP contribution in [0.2, 0.25) is 5.02 Å². The van der Waals surface area contributed by atoms with Crippen LogP contribution in [-0.2, 0) is 6.54 Å². The van der Waals surface area contributed by atoms with Gasteiger partial charge in [0.2, 0.25) is 0 Å². The van der Waals surface area contributed by atoms with E-state index in [-0.39, 0.29) is 0 Å². The van der Waals surface area contributed by atoms with Gasteiger partial charge in [0, 0.05) is 12.1 Å². The fourth-order valence-electron chi connectivity index (χ4n) is 1.45. The molecular weight excluding hydrogens is 214 g/mol. The van der Waals surface area contributed by atoms with Crippen LogP contribution < -0.4 is 10.2 Å². The molecule has 0 amide bonds. The smallest absolute Gasteiger partial charge is 0.142 e. The van der Waals surface area contributed by atoms with E-state index in [9.17, 15) is 0 Å². The molecule has 0 aliphatic carbocycles. The summed E-state index contributed by atoms with van der Waals surface area (Å²) in [6.45, 7) is 4.51. The van der Waals surface area contributed by atoms with Crippen LogP contribution in [0.4, 0.5) is 0 Å². The second kappa shape index (κ2) is 5.35. The van der Waals surface area contributed by atoms with E-state index in [0.717, 1.165) is 11.1 Å². The summed E-state index contributed by atoms with van der Waals surface area (Å²) in [5.74, 6) is 1.01. The molecule has 0 atom stereocenters. The van der Waals surface area contributed by atoms with E-state index in [1.807, 2.05) is 12.1 Å². The number of nitrogens with one attached hydrogen (secondary N) is 1. The van der Waals surface area contributed by atoms with E-state index < -0.39 is 0 Å². The Balaban J connectivity index is 3.19. The predicted molar refractivity (Wildman–Crippen MR) is 60.7 cm³/mol. The maximum Gasteiger partial charge on any atom is 0.142 e. The van der Waals surface area contributed by atoms with Gasteiger partial charge in [-0.3, -0.25) is 0 Å². The van der Waals surface area contributed by atoms with Crippen LogP contribution in [0.15, 0.2) is 12.1 Å². The van der Waals surface area contributed by atoms with Gasteiger partial charge in [-0.05, 0) is 17.5 Å². The van der Waals surface area contributed by atoms with Gasteiger partial charge in [0.05, 0.1) is 12.1 Å². The highest BCUT2D eigenvalue weighted by molar-refractivity contribution is 6.32. The lowest BCUT2D eigenvalue weighted by molar-refractivity contribution is 0.160. The molecule has 0 heterocycles. The van der Waals surface area contributed by atoms with Crippen LogP contribution in [0.25, 0.3) is 0 Å². The van der Waals surface area contributed by atoms with Crippen LogP contribution in [0.3, 0.4) is 0 Å². The van der Waals surface area contributed by atoms with Crippen molar-refractivity contribution in [1.82, 2.24) is 5.48 Å². The van der Waals surface area contributed by atoms with Crippen LogP contribution >= 0.6 is 11.6 Å². The second-order valence-electron chi connectivity index (χ2n) is 3.68. The molecule has 0 unspecified atom stereocenters. The molecule has 0 aliphatic rings. The molecule has 0 saturated heterocycles. The lowest BCUT2D eigenvalue weighted by Crippen LogP contribution is -2.08. The number of methoxy groups -OCH3 is 1. The first kappa shape index (κ1) is 12.3. The van der Waals surface area contributed by atoms with Crippen LogP contribution in [0, 0.1) is 0 Å². The zero-order valence-electron chi connectivity index (χ0n) is 9.17. The Hall–Kier alpha value is -0.770. The largest absolute Gasteiger partial charge is 0.495 e. The molecule has 0 fully saturated rings. The van der Waals surface area contributed by atoms with Gasteiger partial charge in [0.25, 0.3) is 0 Å². The zero-order valence-corrected chi connectivity index (χ0v) is 9.93. The Morgan fingerprint density at radius 3 is 2.60 bits per heavy atom. The minimum absolute atomic E-state index is 0.323. The molecule has 84 valence electrons. The van der Waals surface area contributed by atoms with Crippen molar-refractivity contribution in [3.63, 3.8) is 0 Å². The molecule has 4 heteroatoms. The van der Waals surface area contributed by atoms with Gasteiger partial charge in [-0.15, -0.1) is 0 Å². The molecule has 1 aromatic rings. The summed E-state index contributed by atoms with van der Waals surface area (Å²) in [6, 6.07) is 3.88. The Kier molecular flexibility index (Phi) is 4.39. The van der Waals surface area contributed by atoms with E-state index in [0.29, 0.717) is 23.2 Å². The minimum atomic E-state index is 0.323. The van der Waals surface area contributed by atoms with Gasteiger partial charge >= 0.3 is 0 Å². The summed E-state index contributed by atoms with van der Waals surface area (Å²) >= 11 is 6.08. The number of hydrogen-bond donors (Lipinski definition) is 2.